The molecule has 2 heterocycles. The molecule has 0 aromatic carbocycles. The number of fused-ring (bicyclic) bond motifs is 1. The molecule has 7 heteroatoms. The van der Waals surface area contributed by atoms with Crippen LogP contribution in [0, 0.1) is 3.57 Å². The van der Waals surface area contributed by atoms with Crippen molar-refractivity contribution in [3.05, 3.63) is 16.1 Å². The van der Waals surface area contributed by atoms with Gasteiger partial charge in [-0.3, -0.25) is 4.79 Å². The zero-order valence-electron chi connectivity index (χ0n) is 7.51. The Labute approximate surface area is 98.3 Å². The molecule has 0 radical (unpaired) electrons. The fourth-order valence-electron chi connectivity index (χ4n) is 1.37. The summed E-state index contributed by atoms with van der Waals surface area (Å²) < 4.78 is 2.39. The number of hydrogen-bond donors (Lipinski definition) is 2. The van der Waals surface area contributed by atoms with E-state index in [2.05, 4.69) is 32.6 Å². The van der Waals surface area contributed by atoms with Crippen molar-refractivity contribution in [2.75, 3.05) is 5.73 Å². The number of carboxylic acids is 1. The van der Waals surface area contributed by atoms with Crippen LogP contribution in [0.4, 0.5) is 5.82 Å². The number of nitrogens with two attached hydrogens (primary N) is 1. The quantitative estimate of drug-likeness (QED) is 0.795. The van der Waals surface area contributed by atoms with Gasteiger partial charge >= 0.3 is 5.97 Å². The molecule has 0 amide bonds. The standard InChI is InChI=1S/C8H7IN4O2/c9-4-1-13(2-5(14)15)8-6(4)7(10)11-3-12-8/h1,3H,2H2,(H,14,15)(H2,10,11,12). The first-order chi connectivity index (χ1) is 7.09. The van der Waals surface area contributed by atoms with E-state index in [1.807, 2.05) is 0 Å². The van der Waals surface area contributed by atoms with E-state index in [9.17, 15) is 4.79 Å². The SMILES string of the molecule is Nc1ncnc2c1c(I)cn2CC(=O)O. The molecule has 0 spiro atoms. The Hall–Kier alpha value is -1.38. The van der Waals surface area contributed by atoms with Crippen molar-refractivity contribution in [2.45, 2.75) is 6.54 Å². The van der Waals surface area contributed by atoms with Gasteiger partial charge in [-0.15, -0.1) is 0 Å². The minimum absolute atomic E-state index is 0.129. The molecular weight excluding hydrogens is 311 g/mol. The molecule has 2 aromatic rings. The van der Waals surface area contributed by atoms with Gasteiger partial charge in [-0.05, 0) is 22.6 Å². The van der Waals surface area contributed by atoms with Gasteiger partial charge in [0.25, 0.3) is 0 Å². The fourth-order valence-corrected chi connectivity index (χ4v) is 2.22. The normalized spacial score (nSPS) is 10.7. The predicted octanol–water partition coefficient (Wildman–Crippen LogP) is 0.703. The van der Waals surface area contributed by atoms with Crippen molar-refractivity contribution in [3.8, 4) is 0 Å². The maximum atomic E-state index is 10.6. The number of aliphatic carboxylic acids is 1. The van der Waals surface area contributed by atoms with Gasteiger partial charge < -0.3 is 15.4 Å². The third-order valence-corrected chi connectivity index (χ3v) is 2.76. The monoisotopic (exact) mass is 318 g/mol. The predicted molar refractivity (Wildman–Crippen MR) is 62.3 cm³/mol. The van der Waals surface area contributed by atoms with Crippen LogP contribution in [0.3, 0.4) is 0 Å². The van der Waals surface area contributed by atoms with Gasteiger partial charge in [0.15, 0.2) is 0 Å². The number of carboxylic acid groups (broad SMARTS) is 1. The summed E-state index contributed by atoms with van der Waals surface area (Å²) in [5.74, 6) is -0.547. The number of rotatable bonds is 2. The van der Waals surface area contributed by atoms with Gasteiger partial charge in [0.2, 0.25) is 0 Å². The minimum atomic E-state index is -0.916. The smallest absolute Gasteiger partial charge is 0.323 e. The molecule has 0 atom stereocenters. The van der Waals surface area contributed by atoms with Crippen LogP contribution < -0.4 is 5.73 Å². The number of anilines is 1. The van der Waals surface area contributed by atoms with E-state index in [4.69, 9.17) is 10.8 Å². The molecule has 0 fully saturated rings. The molecule has 0 bridgehead atoms. The van der Waals surface area contributed by atoms with Gasteiger partial charge in [0.1, 0.15) is 24.3 Å². The first-order valence-corrected chi connectivity index (χ1v) is 5.14. The van der Waals surface area contributed by atoms with E-state index < -0.39 is 5.97 Å². The summed E-state index contributed by atoms with van der Waals surface area (Å²) in [6, 6.07) is 0. The van der Waals surface area contributed by atoms with Crippen LogP contribution in [0.25, 0.3) is 11.0 Å². The van der Waals surface area contributed by atoms with Crippen LogP contribution in [0.1, 0.15) is 0 Å². The lowest BCUT2D eigenvalue weighted by Crippen LogP contribution is -2.08. The molecule has 0 saturated carbocycles. The van der Waals surface area contributed by atoms with Crippen LogP contribution in [-0.2, 0) is 11.3 Å². The second kappa shape index (κ2) is 3.65. The van der Waals surface area contributed by atoms with Crippen LogP contribution in [0.2, 0.25) is 0 Å². The van der Waals surface area contributed by atoms with Crippen molar-refractivity contribution < 1.29 is 9.90 Å². The highest BCUT2D eigenvalue weighted by Gasteiger charge is 2.12. The lowest BCUT2D eigenvalue weighted by Gasteiger charge is -1.99. The van der Waals surface area contributed by atoms with Crippen LogP contribution in [-0.4, -0.2) is 25.6 Å². The molecule has 3 N–H and O–H groups in total. The van der Waals surface area contributed by atoms with E-state index in [0.717, 1.165) is 3.57 Å². The highest BCUT2D eigenvalue weighted by atomic mass is 127. The first kappa shape index (κ1) is 10.1. The van der Waals surface area contributed by atoms with Gasteiger partial charge in [-0.2, -0.15) is 0 Å². The summed E-state index contributed by atoms with van der Waals surface area (Å²) in [6.07, 6.45) is 3.02. The van der Waals surface area contributed by atoms with E-state index in [0.29, 0.717) is 16.9 Å². The van der Waals surface area contributed by atoms with Crippen molar-refractivity contribution in [2.24, 2.45) is 0 Å². The molecule has 2 aromatic heterocycles. The zero-order valence-corrected chi connectivity index (χ0v) is 9.67. The minimum Gasteiger partial charge on any atom is -0.480 e. The van der Waals surface area contributed by atoms with Gasteiger partial charge in [0.05, 0.1) is 5.39 Å². The number of aromatic nitrogens is 3. The second-order valence-electron chi connectivity index (χ2n) is 2.96. The third kappa shape index (κ3) is 1.74. The van der Waals surface area contributed by atoms with Crippen molar-refractivity contribution in [1.82, 2.24) is 14.5 Å². The van der Waals surface area contributed by atoms with Crippen molar-refractivity contribution in [3.63, 3.8) is 0 Å². The highest BCUT2D eigenvalue weighted by molar-refractivity contribution is 14.1. The molecule has 2 rings (SSSR count). The number of hydrogen-bond acceptors (Lipinski definition) is 4. The maximum Gasteiger partial charge on any atom is 0.323 e. The average molecular weight is 318 g/mol. The molecule has 78 valence electrons. The van der Waals surface area contributed by atoms with Crippen LogP contribution >= 0.6 is 22.6 Å². The summed E-state index contributed by atoms with van der Waals surface area (Å²) in [6.45, 7) is -0.129. The molecule has 0 unspecified atom stereocenters. The van der Waals surface area contributed by atoms with Crippen molar-refractivity contribution in [1.29, 1.82) is 0 Å². The first-order valence-electron chi connectivity index (χ1n) is 4.06. The Morgan fingerprint density at radius 2 is 2.33 bits per heavy atom. The second-order valence-corrected chi connectivity index (χ2v) is 4.12. The number of nitrogens with zero attached hydrogens (tertiary/aromatic N) is 3. The molecule has 0 aliphatic carbocycles. The molecule has 6 nitrogen and oxygen atoms in total. The summed E-state index contributed by atoms with van der Waals surface area (Å²) in [4.78, 5) is 18.5. The molecule has 15 heavy (non-hydrogen) atoms. The topological polar surface area (TPSA) is 94.0 Å². The Bertz CT molecular complexity index is 537. The summed E-state index contributed by atoms with van der Waals surface area (Å²) in [5.41, 5.74) is 6.23. The van der Waals surface area contributed by atoms with E-state index in [-0.39, 0.29) is 6.54 Å². The largest absolute Gasteiger partial charge is 0.480 e. The number of carbonyl (C=O) groups is 1. The molecule has 0 aliphatic heterocycles. The van der Waals surface area contributed by atoms with E-state index >= 15 is 0 Å². The molecular formula is C8H7IN4O2. The highest BCUT2D eigenvalue weighted by Crippen LogP contribution is 2.24. The molecule has 0 aliphatic rings. The Balaban J connectivity index is 2.68. The summed E-state index contributed by atoms with van der Waals surface area (Å²) in [5, 5.41) is 9.41. The summed E-state index contributed by atoms with van der Waals surface area (Å²) in [7, 11) is 0. The lowest BCUT2D eigenvalue weighted by molar-refractivity contribution is -0.137. The molecule has 0 saturated heterocycles. The van der Waals surface area contributed by atoms with E-state index in [1.165, 1.54) is 10.9 Å². The Morgan fingerprint density at radius 3 is 3.00 bits per heavy atom. The average Bonchev–Trinajstić information content (AvgIpc) is 2.44. The Morgan fingerprint density at radius 1 is 1.60 bits per heavy atom. The van der Waals surface area contributed by atoms with Crippen LogP contribution in [0.5, 0.6) is 0 Å². The van der Waals surface area contributed by atoms with Crippen LogP contribution in [0.15, 0.2) is 12.5 Å². The third-order valence-electron chi connectivity index (χ3n) is 1.94. The summed E-state index contributed by atoms with van der Waals surface area (Å²) >= 11 is 2.08. The van der Waals surface area contributed by atoms with E-state index in [1.54, 1.807) is 6.20 Å². The lowest BCUT2D eigenvalue weighted by atomic mass is 10.4. The number of nitrogen functional groups attached to an aromatic ring is 1. The fraction of sp³-hybridized carbons (Fsp3) is 0.125. The van der Waals surface area contributed by atoms with Crippen molar-refractivity contribution >= 4 is 45.4 Å². The van der Waals surface area contributed by atoms with Gasteiger partial charge in [-0.25, -0.2) is 9.97 Å². The number of halogens is 1. The maximum absolute atomic E-state index is 10.6. The van der Waals surface area contributed by atoms with Gasteiger partial charge in [0, 0.05) is 9.77 Å². The zero-order chi connectivity index (χ0) is 11.0. The Kier molecular flexibility index (Phi) is 2.47. The van der Waals surface area contributed by atoms with Gasteiger partial charge in [-0.1, -0.05) is 0 Å².